The van der Waals surface area contributed by atoms with E-state index in [0.717, 1.165) is 22.3 Å². The fraction of sp³-hybridized carbons (Fsp3) is 0.385. The molecule has 1 saturated heterocycles. The molecule has 0 bridgehead atoms. The number of benzene rings is 4. The third kappa shape index (κ3) is 10.7. The molecule has 0 aromatic heterocycles. The van der Waals surface area contributed by atoms with Crippen LogP contribution in [0.1, 0.15) is 43.0 Å². The summed E-state index contributed by atoms with van der Waals surface area (Å²) in [6.07, 6.45) is -2.03. The van der Waals surface area contributed by atoms with Gasteiger partial charge < -0.3 is 18.9 Å². The van der Waals surface area contributed by atoms with Crippen molar-refractivity contribution in [2.75, 3.05) is 13.2 Å². The van der Waals surface area contributed by atoms with Crippen LogP contribution in [0, 0.1) is 11.8 Å². The molecule has 0 spiro atoms. The molecule has 0 radical (unpaired) electrons. The quantitative estimate of drug-likeness (QED) is 0.0970. The molecule has 6 atom stereocenters. The summed E-state index contributed by atoms with van der Waals surface area (Å²) in [7, 11) is -4.06. The lowest BCUT2D eigenvalue weighted by atomic mass is 9.81. The topological polar surface area (TPSA) is 81.7 Å². The lowest BCUT2D eigenvalue weighted by molar-refractivity contribution is -0.300. The number of hydrogen-bond acceptors (Lipinski definition) is 8. The van der Waals surface area contributed by atoms with Gasteiger partial charge in [0.1, 0.15) is 12.2 Å². The number of phosphoric ester groups is 1. The van der Waals surface area contributed by atoms with Gasteiger partial charge in [-0.1, -0.05) is 135 Å². The van der Waals surface area contributed by atoms with Gasteiger partial charge in [-0.05, 0) is 41.0 Å². The molecule has 256 valence electrons. The molecule has 48 heavy (non-hydrogen) atoms. The summed E-state index contributed by atoms with van der Waals surface area (Å²) in [6.45, 7) is 7.43. The van der Waals surface area contributed by atoms with Crippen LogP contribution in [0.3, 0.4) is 0 Å². The second kappa shape index (κ2) is 18.6. The molecule has 2 unspecified atom stereocenters. The van der Waals surface area contributed by atoms with Gasteiger partial charge in [-0.25, -0.2) is 4.57 Å². The first-order chi connectivity index (χ1) is 23.4. The number of rotatable bonds is 18. The van der Waals surface area contributed by atoms with Gasteiger partial charge in [0.25, 0.3) is 0 Å². The fourth-order valence-corrected chi connectivity index (χ4v) is 6.84. The predicted molar refractivity (Wildman–Crippen MR) is 185 cm³/mol. The first-order valence-corrected chi connectivity index (χ1v) is 18.1. The Morgan fingerprint density at radius 2 is 1.06 bits per heavy atom. The molecule has 8 nitrogen and oxygen atoms in total. The van der Waals surface area contributed by atoms with Crippen LogP contribution in [-0.4, -0.2) is 37.8 Å². The van der Waals surface area contributed by atoms with Gasteiger partial charge in [-0.3, -0.25) is 13.6 Å². The van der Waals surface area contributed by atoms with Gasteiger partial charge in [0, 0.05) is 6.61 Å². The summed E-state index contributed by atoms with van der Waals surface area (Å²) in [5.74, 6) is 0.0176. The molecule has 0 N–H and O–H groups in total. The number of hydrogen-bond donors (Lipinski definition) is 0. The van der Waals surface area contributed by atoms with Crippen LogP contribution in [0.25, 0.3) is 0 Å². The van der Waals surface area contributed by atoms with Gasteiger partial charge in [-0.2, -0.15) is 0 Å². The van der Waals surface area contributed by atoms with E-state index in [0.29, 0.717) is 19.8 Å². The van der Waals surface area contributed by atoms with E-state index >= 15 is 0 Å². The predicted octanol–water partition coefficient (Wildman–Crippen LogP) is 8.75. The van der Waals surface area contributed by atoms with Crippen LogP contribution in [0.15, 0.2) is 121 Å². The van der Waals surface area contributed by atoms with E-state index in [2.05, 4.69) is 13.8 Å². The van der Waals surface area contributed by atoms with E-state index in [1.165, 1.54) is 0 Å². The van der Waals surface area contributed by atoms with Crippen molar-refractivity contribution in [1.29, 1.82) is 0 Å². The minimum absolute atomic E-state index is 0.0262. The van der Waals surface area contributed by atoms with E-state index in [9.17, 15) is 4.57 Å². The molecular formula is C39H47O8P. The second-order valence-corrected chi connectivity index (χ2v) is 13.7. The molecule has 1 heterocycles. The molecule has 0 saturated carbocycles. The number of ether oxygens (including phenoxy) is 4. The van der Waals surface area contributed by atoms with E-state index in [1.807, 2.05) is 128 Å². The summed E-state index contributed by atoms with van der Waals surface area (Å²) < 4.78 is 57.9. The summed E-state index contributed by atoms with van der Waals surface area (Å²) in [5.41, 5.74) is 3.77. The van der Waals surface area contributed by atoms with Crippen molar-refractivity contribution in [2.24, 2.45) is 11.8 Å². The van der Waals surface area contributed by atoms with E-state index in [1.54, 1.807) is 0 Å². The van der Waals surface area contributed by atoms with Crippen LogP contribution in [0.5, 0.6) is 0 Å². The van der Waals surface area contributed by atoms with Gasteiger partial charge in [0.2, 0.25) is 0 Å². The average Bonchev–Trinajstić information content (AvgIpc) is 3.13. The Morgan fingerprint density at radius 3 is 1.54 bits per heavy atom. The molecule has 4 aromatic rings. The zero-order valence-corrected chi connectivity index (χ0v) is 28.9. The van der Waals surface area contributed by atoms with Crippen LogP contribution in [-0.2, 0) is 63.5 Å². The second-order valence-electron chi connectivity index (χ2n) is 12.0. The maximum absolute atomic E-state index is 14.2. The van der Waals surface area contributed by atoms with Crippen molar-refractivity contribution in [1.82, 2.24) is 0 Å². The number of phosphoric acid groups is 1. The minimum Gasteiger partial charge on any atom is -0.368 e. The largest absolute Gasteiger partial charge is 0.475 e. The lowest BCUT2D eigenvalue weighted by Gasteiger charge is -2.46. The van der Waals surface area contributed by atoms with E-state index in [-0.39, 0.29) is 37.8 Å². The van der Waals surface area contributed by atoms with Crippen molar-refractivity contribution in [3.63, 3.8) is 0 Å². The Kier molecular flexibility index (Phi) is 14.0. The summed E-state index contributed by atoms with van der Waals surface area (Å²) in [4.78, 5) is 0. The maximum Gasteiger partial charge on any atom is 0.475 e. The Morgan fingerprint density at radius 1 is 0.604 bits per heavy atom. The highest BCUT2D eigenvalue weighted by Gasteiger charge is 2.46. The standard InChI is InChI=1S/C39H47O8P/c1-4-41-39-38(43-26-33-19-11-6-12-20-33)31(3)30(2)37(47-39)36(42-25-32-17-9-5-10-18-32)29-46-48(40,44-27-34-21-13-7-14-22-34)45-28-35-23-15-8-16-24-35/h5-24,30-31,36-39H,4,25-29H2,1-3H3/t30-,31?,36+,37?,38+,39-/m0/s1. The molecule has 9 heteroatoms. The molecule has 1 aliphatic heterocycles. The highest BCUT2D eigenvalue weighted by molar-refractivity contribution is 7.48. The Balaban J connectivity index is 1.34. The zero-order valence-electron chi connectivity index (χ0n) is 28.0. The average molecular weight is 675 g/mol. The van der Waals surface area contributed by atoms with Gasteiger partial charge in [-0.15, -0.1) is 0 Å². The minimum atomic E-state index is -4.06. The Hall–Kier alpha value is -3.17. The SMILES string of the molecule is CCO[C@H]1OC([C@@H](COP(=O)(OCc2ccccc2)OCc2ccccc2)OCc2ccccc2)[C@@H](C)C(C)[C@H]1OCc1ccccc1. The van der Waals surface area contributed by atoms with Crippen molar-refractivity contribution in [3.8, 4) is 0 Å². The van der Waals surface area contributed by atoms with Gasteiger partial charge in [0.15, 0.2) is 6.29 Å². The molecule has 0 amide bonds. The maximum atomic E-state index is 14.2. The van der Waals surface area contributed by atoms with Crippen molar-refractivity contribution >= 4 is 7.82 Å². The molecule has 1 fully saturated rings. The van der Waals surface area contributed by atoms with Crippen molar-refractivity contribution in [2.45, 2.75) is 71.8 Å². The van der Waals surface area contributed by atoms with Crippen LogP contribution in [0.2, 0.25) is 0 Å². The van der Waals surface area contributed by atoms with Crippen LogP contribution >= 0.6 is 7.82 Å². The van der Waals surface area contributed by atoms with Gasteiger partial charge >= 0.3 is 7.82 Å². The summed E-state index contributed by atoms with van der Waals surface area (Å²) >= 11 is 0. The van der Waals surface area contributed by atoms with E-state index < -0.39 is 26.3 Å². The summed E-state index contributed by atoms with van der Waals surface area (Å²) in [5, 5.41) is 0. The van der Waals surface area contributed by atoms with Crippen LogP contribution in [0.4, 0.5) is 0 Å². The Bertz CT molecular complexity index is 1460. The summed E-state index contributed by atoms with van der Waals surface area (Å²) in [6, 6.07) is 39.0. The Labute approximate surface area is 284 Å². The van der Waals surface area contributed by atoms with Crippen LogP contribution < -0.4 is 0 Å². The highest BCUT2D eigenvalue weighted by atomic mass is 31.2. The molecule has 1 aliphatic rings. The van der Waals surface area contributed by atoms with Crippen molar-refractivity contribution < 1.29 is 37.1 Å². The molecule has 5 rings (SSSR count). The smallest absolute Gasteiger partial charge is 0.368 e. The monoisotopic (exact) mass is 674 g/mol. The fourth-order valence-electron chi connectivity index (χ4n) is 5.67. The molecule has 0 aliphatic carbocycles. The molecule has 4 aromatic carbocycles. The third-order valence-electron chi connectivity index (χ3n) is 8.58. The first-order valence-electron chi connectivity index (χ1n) is 16.6. The highest BCUT2D eigenvalue weighted by Crippen LogP contribution is 2.51. The van der Waals surface area contributed by atoms with E-state index in [4.69, 9.17) is 32.5 Å². The molecular weight excluding hydrogens is 627 g/mol. The third-order valence-corrected chi connectivity index (χ3v) is 9.93. The lowest BCUT2D eigenvalue weighted by Crippen LogP contribution is -2.56. The normalized spacial score (nSPS) is 21.9. The van der Waals surface area contributed by atoms with Gasteiger partial charge in [0.05, 0.1) is 39.1 Å². The first kappa shape index (κ1) is 36.1. The van der Waals surface area contributed by atoms with Crippen molar-refractivity contribution in [3.05, 3.63) is 144 Å². The zero-order chi connectivity index (χ0) is 33.6.